The van der Waals surface area contributed by atoms with Gasteiger partial charge in [0.2, 0.25) is 11.8 Å². The van der Waals surface area contributed by atoms with Crippen LogP contribution < -0.4 is 10.6 Å². The Kier molecular flexibility index (Phi) is 6.31. The molecule has 1 aliphatic rings. The zero-order valence-electron chi connectivity index (χ0n) is 17.5. The Bertz CT molecular complexity index is 1090. The second kappa shape index (κ2) is 9.29. The molecule has 4 nitrogen and oxygen atoms in total. The number of carbonyl (C=O) groups is 2. The summed E-state index contributed by atoms with van der Waals surface area (Å²) in [6, 6.07) is 21.1. The van der Waals surface area contributed by atoms with Crippen LogP contribution in [0.3, 0.4) is 0 Å². The largest absolute Gasteiger partial charge is 0.356 e. The first-order chi connectivity index (χ1) is 15.0. The Morgan fingerprint density at radius 2 is 1.74 bits per heavy atom. The summed E-state index contributed by atoms with van der Waals surface area (Å²) in [4.78, 5) is 24.5. The third-order valence-corrected chi connectivity index (χ3v) is 6.15. The number of amides is 2. The van der Waals surface area contributed by atoms with Crippen molar-refractivity contribution in [3.05, 3.63) is 83.7 Å². The quantitative estimate of drug-likeness (QED) is 0.573. The second-order valence-corrected chi connectivity index (χ2v) is 8.33. The van der Waals surface area contributed by atoms with Crippen molar-refractivity contribution in [2.75, 3.05) is 6.54 Å². The van der Waals surface area contributed by atoms with Crippen LogP contribution in [0.15, 0.2) is 66.7 Å². The fraction of sp³-hybridized carbons (Fsp3) is 0.308. The lowest BCUT2D eigenvalue weighted by atomic mass is 9.83. The normalized spacial score (nSPS) is 18.2. The average Bonchev–Trinajstić information content (AvgIpc) is 3.14. The van der Waals surface area contributed by atoms with E-state index < -0.39 is 5.54 Å². The van der Waals surface area contributed by atoms with E-state index in [1.165, 1.54) is 22.4 Å². The fourth-order valence-corrected chi connectivity index (χ4v) is 4.47. The van der Waals surface area contributed by atoms with Crippen LogP contribution in [0, 0.1) is 5.82 Å². The Balaban J connectivity index is 1.38. The number of benzene rings is 3. The highest BCUT2D eigenvalue weighted by Crippen LogP contribution is 2.32. The highest BCUT2D eigenvalue weighted by Gasteiger charge is 2.38. The van der Waals surface area contributed by atoms with E-state index in [0.29, 0.717) is 44.2 Å². The topological polar surface area (TPSA) is 58.2 Å². The Hall–Kier alpha value is -3.21. The summed E-state index contributed by atoms with van der Waals surface area (Å²) in [6.07, 6.45) is 3.26. The number of nitrogens with one attached hydrogen (secondary N) is 2. The van der Waals surface area contributed by atoms with Crippen molar-refractivity contribution < 1.29 is 14.0 Å². The van der Waals surface area contributed by atoms with Gasteiger partial charge in [-0.15, -0.1) is 0 Å². The maximum absolute atomic E-state index is 13.7. The van der Waals surface area contributed by atoms with Gasteiger partial charge < -0.3 is 10.6 Å². The fourth-order valence-electron chi connectivity index (χ4n) is 4.47. The van der Waals surface area contributed by atoms with Gasteiger partial charge in [-0.1, -0.05) is 60.7 Å². The van der Waals surface area contributed by atoms with Gasteiger partial charge in [0, 0.05) is 24.9 Å². The lowest BCUT2D eigenvalue weighted by molar-refractivity contribution is -0.122. The number of fused-ring (bicyclic) bond motifs is 1. The van der Waals surface area contributed by atoms with E-state index in [-0.39, 0.29) is 17.6 Å². The van der Waals surface area contributed by atoms with E-state index in [2.05, 4.69) is 34.9 Å². The minimum Gasteiger partial charge on any atom is -0.356 e. The molecule has 3 aromatic rings. The van der Waals surface area contributed by atoms with Gasteiger partial charge in [0.15, 0.2) is 0 Å². The Morgan fingerprint density at radius 1 is 1.00 bits per heavy atom. The zero-order chi connectivity index (χ0) is 21.7. The second-order valence-electron chi connectivity index (χ2n) is 8.33. The molecular weight excluding hydrogens is 391 g/mol. The summed E-state index contributed by atoms with van der Waals surface area (Å²) in [5.41, 5.74) is 1.36. The van der Waals surface area contributed by atoms with Gasteiger partial charge in [-0.25, -0.2) is 4.39 Å². The number of hydrogen-bond acceptors (Lipinski definition) is 2. The molecule has 160 valence electrons. The summed E-state index contributed by atoms with van der Waals surface area (Å²) in [7, 11) is 0. The van der Waals surface area contributed by atoms with E-state index in [1.54, 1.807) is 18.2 Å². The molecule has 0 bridgehead atoms. The van der Waals surface area contributed by atoms with Gasteiger partial charge in [0.1, 0.15) is 5.82 Å². The minimum absolute atomic E-state index is 0.0418. The third-order valence-electron chi connectivity index (χ3n) is 6.15. The van der Waals surface area contributed by atoms with Crippen molar-refractivity contribution in [2.45, 2.75) is 44.1 Å². The Labute approximate surface area is 181 Å². The molecule has 31 heavy (non-hydrogen) atoms. The van der Waals surface area contributed by atoms with Crippen molar-refractivity contribution in [1.29, 1.82) is 0 Å². The molecule has 1 atom stereocenters. The minimum atomic E-state index is -0.413. The molecule has 0 radical (unpaired) electrons. The van der Waals surface area contributed by atoms with E-state index >= 15 is 0 Å². The molecule has 2 N–H and O–H groups in total. The van der Waals surface area contributed by atoms with Crippen molar-refractivity contribution in [1.82, 2.24) is 10.6 Å². The summed E-state index contributed by atoms with van der Waals surface area (Å²) in [6.45, 7) is 0.391. The van der Waals surface area contributed by atoms with E-state index in [9.17, 15) is 14.0 Å². The van der Waals surface area contributed by atoms with Crippen LogP contribution in [0.25, 0.3) is 10.8 Å². The SMILES string of the molecule is O=C(CCC1(Cc2cccc3ccccc23)CCC(=O)N1)NCCc1ccccc1F. The number of halogens is 1. The van der Waals surface area contributed by atoms with Gasteiger partial charge in [-0.3, -0.25) is 9.59 Å². The maximum atomic E-state index is 13.7. The monoisotopic (exact) mass is 418 g/mol. The number of carbonyl (C=O) groups excluding carboxylic acids is 2. The predicted molar refractivity (Wildman–Crippen MR) is 120 cm³/mol. The molecule has 4 rings (SSSR count). The van der Waals surface area contributed by atoms with Crippen molar-refractivity contribution in [2.24, 2.45) is 0 Å². The van der Waals surface area contributed by atoms with Crippen LogP contribution in [0.2, 0.25) is 0 Å². The van der Waals surface area contributed by atoms with Crippen LogP contribution in [0.5, 0.6) is 0 Å². The zero-order valence-corrected chi connectivity index (χ0v) is 17.5. The molecule has 1 aliphatic heterocycles. The van der Waals surface area contributed by atoms with Gasteiger partial charge in [0.25, 0.3) is 0 Å². The molecule has 1 fully saturated rings. The van der Waals surface area contributed by atoms with Crippen molar-refractivity contribution in [3.63, 3.8) is 0 Å². The molecule has 1 heterocycles. The summed E-state index contributed by atoms with van der Waals surface area (Å²) in [5, 5.41) is 8.39. The summed E-state index contributed by atoms with van der Waals surface area (Å²) < 4.78 is 13.7. The number of hydrogen-bond donors (Lipinski definition) is 2. The maximum Gasteiger partial charge on any atom is 0.220 e. The van der Waals surface area contributed by atoms with Crippen LogP contribution in [-0.4, -0.2) is 23.9 Å². The molecule has 1 saturated heterocycles. The molecule has 0 aliphatic carbocycles. The average molecular weight is 419 g/mol. The van der Waals surface area contributed by atoms with E-state index in [1.807, 2.05) is 18.2 Å². The molecular formula is C26H27FN2O2. The van der Waals surface area contributed by atoms with E-state index in [4.69, 9.17) is 0 Å². The van der Waals surface area contributed by atoms with Crippen LogP contribution >= 0.6 is 0 Å². The first kappa shape index (κ1) is 21.0. The van der Waals surface area contributed by atoms with Crippen LogP contribution in [-0.2, 0) is 22.4 Å². The van der Waals surface area contributed by atoms with Gasteiger partial charge in [-0.05, 0) is 53.6 Å². The highest BCUT2D eigenvalue weighted by molar-refractivity contribution is 5.86. The first-order valence-electron chi connectivity index (χ1n) is 10.8. The van der Waals surface area contributed by atoms with E-state index in [0.717, 1.165) is 6.42 Å². The smallest absolute Gasteiger partial charge is 0.220 e. The van der Waals surface area contributed by atoms with Gasteiger partial charge in [-0.2, -0.15) is 0 Å². The van der Waals surface area contributed by atoms with Gasteiger partial charge in [0.05, 0.1) is 0 Å². The number of rotatable bonds is 8. The Morgan fingerprint density at radius 3 is 2.55 bits per heavy atom. The van der Waals surface area contributed by atoms with Crippen LogP contribution in [0.1, 0.15) is 36.8 Å². The molecule has 0 saturated carbocycles. The first-order valence-corrected chi connectivity index (χ1v) is 10.8. The molecule has 3 aromatic carbocycles. The third kappa shape index (κ3) is 5.10. The molecule has 5 heteroatoms. The van der Waals surface area contributed by atoms with Crippen molar-refractivity contribution in [3.8, 4) is 0 Å². The summed E-state index contributed by atoms with van der Waals surface area (Å²) in [5.74, 6) is -0.283. The molecule has 0 spiro atoms. The molecule has 1 unspecified atom stereocenters. The standard InChI is InChI=1S/C26H27FN2O2/c27-23-11-4-2-7-20(23)14-17-28-24(30)12-15-26(16-13-25(31)29-26)18-21-9-5-8-19-6-1-3-10-22(19)21/h1-11H,12-18H2,(H,28,30)(H,29,31). The highest BCUT2D eigenvalue weighted by atomic mass is 19.1. The summed E-state index contributed by atoms with van der Waals surface area (Å²) >= 11 is 0. The van der Waals surface area contributed by atoms with Gasteiger partial charge >= 0.3 is 0 Å². The van der Waals surface area contributed by atoms with Crippen molar-refractivity contribution >= 4 is 22.6 Å². The lowest BCUT2D eigenvalue weighted by Crippen LogP contribution is -2.44. The lowest BCUT2D eigenvalue weighted by Gasteiger charge is -2.30. The van der Waals surface area contributed by atoms with Crippen LogP contribution in [0.4, 0.5) is 4.39 Å². The molecule has 0 aromatic heterocycles. The molecule has 2 amide bonds. The predicted octanol–water partition coefficient (Wildman–Crippen LogP) is 4.31.